The highest BCUT2D eigenvalue weighted by atomic mass is 16.3. The van der Waals surface area contributed by atoms with Gasteiger partial charge in [0.15, 0.2) is 0 Å². The Hall–Kier alpha value is -0.800. The average molecular weight is 250 g/mol. The molecule has 1 aliphatic heterocycles. The van der Waals surface area contributed by atoms with E-state index in [0.717, 1.165) is 24.8 Å². The molecule has 2 unspecified atom stereocenters. The van der Waals surface area contributed by atoms with Crippen LogP contribution in [-0.2, 0) is 6.42 Å². The number of hydrogen-bond acceptors (Lipinski definition) is 3. The predicted octanol–water partition coefficient (Wildman–Crippen LogP) is 2.67. The second kappa shape index (κ2) is 6.95. The SMILES string of the molecule is CNCCC1CCCCN1C(C)Cc1ccco1. The van der Waals surface area contributed by atoms with Gasteiger partial charge >= 0.3 is 0 Å². The highest BCUT2D eigenvalue weighted by Gasteiger charge is 2.26. The molecule has 0 amide bonds. The molecule has 1 aromatic rings. The lowest BCUT2D eigenvalue weighted by atomic mass is 9.96. The Morgan fingerprint density at radius 1 is 1.50 bits per heavy atom. The van der Waals surface area contributed by atoms with Gasteiger partial charge in [-0.2, -0.15) is 0 Å². The zero-order valence-corrected chi connectivity index (χ0v) is 11.7. The number of likely N-dealkylation sites (tertiary alicyclic amines) is 1. The van der Waals surface area contributed by atoms with Gasteiger partial charge in [-0.05, 0) is 58.5 Å². The molecule has 3 heteroatoms. The maximum atomic E-state index is 5.47. The van der Waals surface area contributed by atoms with Gasteiger partial charge in [0.25, 0.3) is 0 Å². The molecule has 2 atom stereocenters. The third-order valence-electron chi connectivity index (χ3n) is 4.04. The van der Waals surface area contributed by atoms with Crippen molar-refractivity contribution in [2.45, 2.75) is 51.1 Å². The van der Waals surface area contributed by atoms with E-state index in [1.807, 2.05) is 13.1 Å². The predicted molar refractivity (Wildman–Crippen MR) is 74.8 cm³/mol. The highest BCUT2D eigenvalue weighted by molar-refractivity contribution is 5.00. The van der Waals surface area contributed by atoms with E-state index in [9.17, 15) is 0 Å². The molecular formula is C15H26N2O. The average Bonchev–Trinajstić information content (AvgIpc) is 2.89. The lowest BCUT2D eigenvalue weighted by Gasteiger charge is -2.40. The number of nitrogens with one attached hydrogen (secondary N) is 1. The van der Waals surface area contributed by atoms with Crippen LogP contribution in [0.5, 0.6) is 0 Å². The van der Waals surface area contributed by atoms with Gasteiger partial charge < -0.3 is 9.73 Å². The van der Waals surface area contributed by atoms with Gasteiger partial charge in [0.05, 0.1) is 6.26 Å². The maximum Gasteiger partial charge on any atom is 0.105 e. The molecule has 0 saturated carbocycles. The minimum atomic E-state index is 0.582. The lowest BCUT2D eigenvalue weighted by Crippen LogP contribution is -2.46. The first-order valence-electron chi connectivity index (χ1n) is 7.24. The normalized spacial score (nSPS) is 23.1. The van der Waals surface area contributed by atoms with Crippen LogP contribution in [0.25, 0.3) is 0 Å². The van der Waals surface area contributed by atoms with Crippen molar-refractivity contribution >= 4 is 0 Å². The van der Waals surface area contributed by atoms with E-state index in [4.69, 9.17) is 4.42 Å². The van der Waals surface area contributed by atoms with Gasteiger partial charge in [-0.15, -0.1) is 0 Å². The van der Waals surface area contributed by atoms with Crippen molar-refractivity contribution in [2.75, 3.05) is 20.1 Å². The Labute approximate surface area is 111 Å². The summed E-state index contributed by atoms with van der Waals surface area (Å²) in [5.41, 5.74) is 0. The Balaban J connectivity index is 1.90. The fourth-order valence-corrected chi connectivity index (χ4v) is 3.06. The van der Waals surface area contributed by atoms with Crippen LogP contribution in [0, 0.1) is 0 Å². The molecular weight excluding hydrogens is 224 g/mol. The fourth-order valence-electron chi connectivity index (χ4n) is 3.06. The largest absolute Gasteiger partial charge is 0.469 e. The second-order valence-corrected chi connectivity index (χ2v) is 5.41. The first-order valence-corrected chi connectivity index (χ1v) is 7.24. The summed E-state index contributed by atoms with van der Waals surface area (Å²) in [6.45, 7) is 4.70. The number of nitrogens with zero attached hydrogens (tertiary/aromatic N) is 1. The molecule has 2 heterocycles. The number of piperidine rings is 1. The molecule has 1 aromatic heterocycles. The number of furan rings is 1. The molecule has 1 N–H and O–H groups in total. The summed E-state index contributed by atoms with van der Waals surface area (Å²) in [4.78, 5) is 2.68. The van der Waals surface area contributed by atoms with Crippen molar-refractivity contribution in [3.63, 3.8) is 0 Å². The summed E-state index contributed by atoms with van der Waals surface area (Å²) < 4.78 is 5.47. The van der Waals surface area contributed by atoms with Gasteiger partial charge in [-0.3, -0.25) is 4.90 Å². The Morgan fingerprint density at radius 2 is 2.39 bits per heavy atom. The topological polar surface area (TPSA) is 28.4 Å². The lowest BCUT2D eigenvalue weighted by molar-refractivity contribution is 0.0944. The summed E-state index contributed by atoms with van der Waals surface area (Å²) in [7, 11) is 2.04. The fraction of sp³-hybridized carbons (Fsp3) is 0.733. The molecule has 0 radical (unpaired) electrons. The first-order chi connectivity index (χ1) is 8.81. The van der Waals surface area contributed by atoms with E-state index in [-0.39, 0.29) is 0 Å². The van der Waals surface area contributed by atoms with Crippen molar-refractivity contribution in [1.29, 1.82) is 0 Å². The van der Waals surface area contributed by atoms with Gasteiger partial charge in [-0.1, -0.05) is 6.42 Å². The molecule has 0 spiro atoms. The summed E-state index contributed by atoms with van der Waals surface area (Å²) in [6.07, 6.45) is 8.15. The van der Waals surface area contributed by atoms with Crippen molar-refractivity contribution in [3.05, 3.63) is 24.2 Å². The smallest absolute Gasteiger partial charge is 0.105 e. The zero-order chi connectivity index (χ0) is 12.8. The molecule has 1 saturated heterocycles. The molecule has 0 aliphatic carbocycles. The molecule has 102 valence electrons. The third kappa shape index (κ3) is 3.59. The van der Waals surface area contributed by atoms with Crippen LogP contribution in [0.15, 0.2) is 22.8 Å². The maximum absolute atomic E-state index is 5.47. The Bertz CT molecular complexity index is 323. The summed E-state index contributed by atoms with van der Waals surface area (Å²) in [5, 5.41) is 3.27. The first kappa shape index (κ1) is 13.6. The van der Waals surface area contributed by atoms with Crippen LogP contribution in [-0.4, -0.2) is 37.1 Å². The Kier molecular flexibility index (Phi) is 5.26. The molecule has 3 nitrogen and oxygen atoms in total. The molecule has 1 fully saturated rings. The van der Waals surface area contributed by atoms with E-state index in [0.29, 0.717) is 6.04 Å². The van der Waals surface area contributed by atoms with Crippen molar-refractivity contribution in [2.24, 2.45) is 0 Å². The van der Waals surface area contributed by atoms with E-state index in [1.165, 1.54) is 32.2 Å². The molecule has 0 aromatic carbocycles. The quantitative estimate of drug-likeness (QED) is 0.841. The highest BCUT2D eigenvalue weighted by Crippen LogP contribution is 2.23. The molecule has 0 bridgehead atoms. The van der Waals surface area contributed by atoms with Gasteiger partial charge in [0.1, 0.15) is 5.76 Å². The molecule has 2 rings (SSSR count). The van der Waals surface area contributed by atoms with Gasteiger partial charge in [0.2, 0.25) is 0 Å². The number of rotatable bonds is 6. The van der Waals surface area contributed by atoms with Crippen molar-refractivity contribution in [1.82, 2.24) is 10.2 Å². The van der Waals surface area contributed by atoms with Crippen LogP contribution in [0.4, 0.5) is 0 Å². The van der Waals surface area contributed by atoms with Crippen molar-refractivity contribution in [3.8, 4) is 0 Å². The summed E-state index contributed by atoms with van der Waals surface area (Å²) in [5.74, 6) is 1.11. The zero-order valence-electron chi connectivity index (χ0n) is 11.7. The van der Waals surface area contributed by atoms with E-state index < -0.39 is 0 Å². The number of hydrogen-bond donors (Lipinski definition) is 1. The van der Waals surface area contributed by atoms with Crippen LogP contribution >= 0.6 is 0 Å². The van der Waals surface area contributed by atoms with Crippen LogP contribution < -0.4 is 5.32 Å². The van der Waals surface area contributed by atoms with E-state index in [1.54, 1.807) is 6.26 Å². The third-order valence-corrected chi connectivity index (χ3v) is 4.04. The van der Waals surface area contributed by atoms with Gasteiger partial charge in [-0.25, -0.2) is 0 Å². The minimum absolute atomic E-state index is 0.582. The van der Waals surface area contributed by atoms with E-state index >= 15 is 0 Å². The Morgan fingerprint density at radius 3 is 3.11 bits per heavy atom. The van der Waals surface area contributed by atoms with Crippen LogP contribution in [0.2, 0.25) is 0 Å². The van der Waals surface area contributed by atoms with E-state index in [2.05, 4.69) is 23.2 Å². The minimum Gasteiger partial charge on any atom is -0.469 e. The summed E-state index contributed by atoms with van der Waals surface area (Å²) in [6, 6.07) is 5.40. The van der Waals surface area contributed by atoms with Crippen LogP contribution in [0.1, 0.15) is 38.4 Å². The second-order valence-electron chi connectivity index (χ2n) is 5.41. The van der Waals surface area contributed by atoms with Crippen LogP contribution in [0.3, 0.4) is 0 Å². The van der Waals surface area contributed by atoms with Gasteiger partial charge in [0, 0.05) is 18.5 Å². The standard InChI is InChI=1S/C15H26N2O/c1-13(12-15-7-5-11-18-15)17-10-4-3-6-14(17)8-9-16-2/h5,7,11,13-14,16H,3-4,6,8-10,12H2,1-2H3. The van der Waals surface area contributed by atoms with Crippen molar-refractivity contribution < 1.29 is 4.42 Å². The molecule has 1 aliphatic rings. The summed E-state index contributed by atoms with van der Waals surface area (Å²) >= 11 is 0. The monoisotopic (exact) mass is 250 g/mol. The molecule has 18 heavy (non-hydrogen) atoms.